The summed E-state index contributed by atoms with van der Waals surface area (Å²) in [6, 6.07) is -1.52. The summed E-state index contributed by atoms with van der Waals surface area (Å²) in [6.45, 7) is 6.26. The van der Waals surface area contributed by atoms with Crippen LogP contribution in [0.25, 0.3) is 0 Å². The first-order chi connectivity index (χ1) is 8.76. The largest absolute Gasteiger partial charge is 0.468 e. The number of methoxy groups -OCH3 is 1. The highest BCUT2D eigenvalue weighted by atomic mass is 16.6. The molecule has 0 aromatic heterocycles. The summed E-state index contributed by atoms with van der Waals surface area (Å²) >= 11 is 0. The Morgan fingerprint density at radius 1 is 1.42 bits per heavy atom. The van der Waals surface area contributed by atoms with E-state index in [4.69, 9.17) is 15.2 Å². The van der Waals surface area contributed by atoms with Crippen LogP contribution in [0.15, 0.2) is 0 Å². The molecule has 1 rings (SSSR count). The third-order valence-electron chi connectivity index (χ3n) is 2.68. The minimum absolute atomic E-state index is 0.190. The normalized spacial score (nSPS) is 21.7. The Morgan fingerprint density at radius 3 is 2.58 bits per heavy atom. The smallest absolute Gasteiger partial charge is 0.410 e. The maximum absolute atomic E-state index is 12.1. The van der Waals surface area contributed by atoms with Crippen LogP contribution in [0.5, 0.6) is 0 Å². The van der Waals surface area contributed by atoms with E-state index in [0.717, 1.165) is 0 Å². The SMILES string of the molecule is COC(=O)[C@@H](N)[C@H]1COCCN1C(=O)OC(C)(C)C. The average molecular weight is 274 g/mol. The Morgan fingerprint density at radius 2 is 2.05 bits per heavy atom. The fourth-order valence-electron chi connectivity index (χ4n) is 1.76. The van der Waals surface area contributed by atoms with Crippen LogP contribution in [0.3, 0.4) is 0 Å². The average Bonchev–Trinajstić information content (AvgIpc) is 2.35. The van der Waals surface area contributed by atoms with E-state index in [0.29, 0.717) is 13.2 Å². The van der Waals surface area contributed by atoms with Gasteiger partial charge in [-0.15, -0.1) is 0 Å². The monoisotopic (exact) mass is 274 g/mol. The van der Waals surface area contributed by atoms with E-state index >= 15 is 0 Å². The van der Waals surface area contributed by atoms with Crippen LogP contribution in [0, 0.1) is 0 Å². The first-order valence-corrected chi connectivity index (χ1v) is 6.17. The number of rotatable bonds is 2. The van der Waals surface area contributed by atoms with Gasteiger partial charge in [0.1, 0.15) is 11.6 Å². The highest BCUT2D eigenvalue weighted by molar-refractivity contribution is 5.78. The molecular formula is C12H22N2O5. The van der Waals surface area contributed by atoms with Crippen molar-refractivity contribution in [2.45, 2.75) is 38.5 Å². The zero-order chi connectivity index (χ0) is 14.6. The molecule has 1 amide bonds. The molecule has 7 heteroatoms. The van der Waals surface area contributed by atoms with Gasteiger partial charge in [0.15, 0.2) is 0 Å². The van der Waals surface area contributed by atoms with E-state index in [2.05, 4.69) is 4.74 Å². The maximum Gasteiger partial charge on any atom is 0.410 e. The molecule has 0 aromatic rings. The summed E-state index contributed by atoms with van der Waals surface area (Å²) in [4.78, 5) is 25.0. The van der Waals surface area contributed by atoms with Crippen LogP contribution in [0.2, 0.25) is 0 Å². The van der Waals surface area contributed by atoms with Crippen molar-refractivity contribution >= 4 is 12.1 Å². The van der Waals surface area contributed by atoms with E-state index in [9.17, 15) is 9.59 Å². The van der Waals surface area contributed by atoms with Crippen molar-refractivity contribution < 1.29 is 23.8 Å². The lowest BCUT2D eigenvalue weighted by Gasteiger charge is -2.38. The Hall–Kier alpha value is -1.34. The molecule has 1 saturated heterocycles. The molecule has 110 valence electrons. The molecule has 0 unspecified atom stereocenters. The Kier molecular flexibility index (Phi) is 5.13. The standard InChI is InChI=1S/C12H22N2O5/c1-12(2,3)19-11(16)14-5-6-18-7-8(14)9(13)10(15)17-4/h8-9H,5-7,13H2,1-4H3/t8-,9+/m1/s1. The van der Waals surface area contributed by atoms with Gasteiger partial charge < -0.3 is 19.9 Å². The minimum atomic E-state index is -0.946. The Labute approximate surface area is 113 Å². The summed E-state index contributed by atoms with van der Waals surface area (Å²) in [6.07, 6.45) is -0.500. The second-order valence-corrected chi connectivity index (χ2v) is 5.36. The molecule has 0 spiro atoms. The summed E-state index contributed by atoms with van der Waals surface area (Å²) in [5, 5.41) is 0. The maximum atomic E-state index is 12.1. The number of nitrogens with two attached hydrogens (primary N) is 1. The molecule has 0 saturated carbocycles. The van der Waals surface area contributed by atoms with Crippen LogP contribution in [0.4, 0.5) is 4.79 Å². The zero-order valence-electron chi connectivity index (χ0n) is 11.8. The molecule has 1 aliphatic heterocycles. The lowest BCUT2D eigenvalue weighted by molar-refractivity contribution is -0.145. The van der Waals surface area contributed by atoms with Gasteiger partial charge in [-0.25, -0.2) is 4.79 Å². The number of amides is 1. The number of nitrogens with zero attached hydrogens (tertiary/aromatic N) is 1. The number of carbonyl (C=O) groups excluding carboxylic acids is 2. The van der Waals surface area contributed by atoms with E-state index in [1.54, 1.807) is 20.8 Å². The summed E-state index contributed by atoms with van der Waals surface area (Å²) in [5.74, 6) is -0.580. The van der Waals surface area contributed by atoms with Gasteiger partial charge in [0.25, 0.3) is 0 Å². The Bertz CT molecular complexity index is 340. The molecule has 0 aliphatic carbocycles. The van der Waals surface area contributed by atoms with Crippen molar-refractivity contribution in [1.82, 2.24) is 4.90 Å². The zero-order valence-corrected chi connectivity index (χ0v) is 11.8. The molecule has 1 aliphatic rings. The molecular weight excluding hydrogens is 252 g/mol. The highest BCUT2D eigenvalue weighted by Gasteiger charge is 2.37. The van der Waals surface area contributed by atoms with Crippen molar-refractivity contribution in [3.8, 4) is 0 Å². The van der Waals surface area contributed by atoms with Crippen molar-refractivity contribution in [3.05, 3.63) is 0 Å². The molecule has 1 fully saturated rings. The number of hydrogen-bond acceptors (Lipinski definition) is 6. The van der Waals surface area contributed by atoms with Gasteiger partial charge in [-0.1, -0.05) is 0 Å². The lowest BCUT2D eigenvalue weighted by atomic mass is 10.1. The first kappa shape index (κ1) is 15.7. The van der Waals surface area contributed by atoms with E-state index in [1.165, 1.54) is 12.0 Å². The van der Waals surface area contributed by atoms with Gasteiger partial charge in [0, 0.05) is 6.54 Å². The molecule has 19 heavy (non-hydrogen) atoms. The topological polar surface area (TPSA) is 91.1 Å². The van der Waals surface area contributed by atoms with Crippen LogP contribution in [-0.4, -0.2) is 61.5 Å². The number of hydrogen-bond donors (Lipinski definition) is 1. The lowest BCUT2D eigenvalue weighted by Crippen LogP contribution is -2.60. The van der Waals surface area contributed by atoms with E-state index in [1.807, 2.05) is 0 Å². The molecule has 0 aromatic carbocycles. The fourth-order valence-corrected chi connectivity index (χ4v) is 1.76. The third kappa shape index (κ3) is 4.36. The van der Waals surface area contributed by atoms with Crippen LogP contribution in [0.1, 0.15) is 20.8 Å². The van der Waals surface area contributed by atoms with Crippen LogP contribution >= 0.6 is 0 Å². The van der Waals surface area contributed by atoms with E-state index in [-0.39, 0.29) is 6.61 Å². The fraction of sp³-hybridized carbons (Fsp3) is 0.833. The number of carbonyl (C=O) groups is 2. The second kappa shape index (κ2) is 6.21. The molecule has 1 heterocycles. The third-order valence-corrected chi connectivity index (χ3v) is 2.68. The van der Waals surface area contributed by atoms with Crippen LogP contribution in [-0.2, 0) is 19.0 Å². The molecule has 7 nitrogen and oxygen atoms in total. The minimum Gasteiger partial charge on any atom is -0.468 e. The van der Waals surface area contributed by atoms with Crippen molar-refractivity contribution in [2.75, 3.05) is 26.9 Å². The van der Waals surface area contributed by atoms with Crippen molar-refractivity contribution in [3.63, 3.8) is 0 Å². The second-order valence-electron chi connectivity index (χ2n) is 5.36. The van der Waals surface area contributed by atoms with Crippen molar-refractivity contribution in [1.29, 1.82) is 0 Å². The number of ether oxygens (including phenoxy) is 3. The predicted molar refractivity (Wildman–Crippen MR) is 67.5 cm³/mol. The van der Waals surface area contributed by atoms with Crippen molar-refractivity contribution in [2.24, 2.45) is 5.73 Å². The summed E-state index contributed by atoms with van der Waals surface area (Å²) in [5.41, 5.74) is 5.19. The summed E-state index contributed by atoms with van der Waals surface area (Å²) in [7, 11) is 1.25. The predicted octanol–water partition coefficient (Wildman–Crippen LogP) is 0.123. The van der Waals surface area contributed by atoms with E-state index < -0.39 is 29.7 Å². The van der Waals surface area contributed by atoms with Gasteiger partial charge in [-0.2, -0.15) is 0 Å². The number of esters is 1. The molecule has 2 N–H and O–H groups in total. The molecule has 0 radical (unpaired) electrons. The molecule has 0 bridgehead atoms. The number of morpholine rings is 1. The van der Waals surface area contributed by atoms with Gasteiger partial charge in [0.05, 0.1) is 26.4 Å². The Balaban J connectivity index is 2.77. The van der Waals surface area contributed by atoms with Gasteiger partial charge >= 0.3 is 12.1 Å². The quantitative estimate of drug-likeness (QED) is 0.719. The molecule has 2 atom stereocenters. The van der Waals surface area contributed by atoms with Crippen LogP contribution < -0.4 is 5.73 Å². The van der Waals surface area contributed by atoms with Gasteiger partial charge in [-0.05, 0) is 20.8 Å². The van der Waals surface area contributed by atoms with Gasteiger partial charge in [-0.3, -0.25) is 9.69 Å². The van der Waals surface area contributed by atoms with Gasteiger partial charge in [0.2, 0.25) is 0 Å². The highest BCUT2D eigenvalue weighted by Crippen LogP contribution is 2.16. The summed E-state index contributed by atoms with van der Waals surface area (Å²) < 4.78 is 15.2. The first-order valence-electron chi connectivity index (χ1n) is 6.17.